The first-order valence-corrected chi connectivity index (χ1v) is 13.6. The minimum absolute atomic E-state index is 0.179. The Morgan fingerprint density at radius 2 is 1.03 bits per heavy atom. The van der Waals surface area contributed by atoms with Crippen molar-refractivity contribution in [3.63, 3.8) is 0 Å². The highest BCUT2D eigenvalue weighted by atomic mass is 16.4. The van der Waals surface area contributed by atoms with E-state index in [1.165, 1.54) is 57.8 Å². The van der Waals surface area contributed by atoms with E-state index in [2.05, 4.69) is 13.8 Å². The maximum Gasteiger partial charge on any atom is 0.310 e. The fourth-order valence-electron chi connectivity index (χ4n) is 6.08. The van der Waals surface area contributed by atoms with Gasteiger partial charge in [0.25, 0.3) is 0 Å². The lowest BCUT2D eigenvalue weighted by atomic mass is 9.51. The summed E-state index contributed by atoms with van der Waals surface area (Å²) in [6, 6.07) is 0. The van der Waals surface area contributed by atoms with E-state index in [0.29, 0.717) is 25.7 Å². The molecule has 2 atom stereocenters. The minimum Gasteiger partial charge on any atom is -0.481 e. The molecule has 0 saturated heterocycles. The van der Waals surface area contributed by atoms with Crippen LogP contribution in [0.4, 0.5) is 0 Å². The lowest BCUT2D eigenvalue weighted by Gasteiger charge is -2.49. The molecule has 1 fully saturated rings. The van der Waals surface area contributed by atoms with Crippen LogP contribution in [0, 0.1) is 22.7 Å². The molecule has 1 saturated carbocycles. The number of rotatable bonds is 18. The van der Waals surface area contributed by atoms with Crippen molar-refractivity contribution in [2.75, 3.05) is 0 Å². The summed E-state index contributed by atoms with van der Waals surface area (Å²) in [6.07, 6.45) is 18.6. The zero-order chi connectivity index (χ0) is 24.0. The van der Waals surface area contributed by atoms with Crippen molar-refractivity contribution in [1.82, 2.24) is 0 Å². The SMILES string of the molecule is CC(C)CCCCCCCCCCCCCC1(C(=O)O)CCCCC1(CC(C)C)C(=O)O. The van der Waals surface area contributed by atoms with Gasteiger partial charge >= 0.3 is 11.9 Å². The normalized spacial score (nSPS) is 23.7. The summed E-state index contributed by atoms with van der Waals surface area (Å²) in [5, 5.41) is 20.4. The van der Waals surface area contributed by atoms with Gasteiger partial charge in [-0.25, -0.2) is 0 Å². The summed E-state index contributed by atoms with van der Waals surface area (Å²) in [5.74, 6) is -0.765. The molecule has 4 heteroatoms. The van der Waals surface area contributed by atoms with Gasteiger partial charge in [-0.2, -0.15) is 0 Å². The molecule has 1 rings (SSSR count). The number of carboxylic acid groups (broad SMARTS) is 2. The molecule has 188 valence electrons. The molecule has 0 aromatic carbocycles. The molecule has 32 heavy (non-hydrogen) atoms. The molecule has 0 radical (unpaired) electrons. The molecule has 0 aromatic heterocycles. The van der Waals surface area contributed by atoms with E-state index in [1.54, 1.807) is 0 Å². The largest absolute Gasteiger partial charge is 0.481 e. The van der Waals surface area contributed by atoms with Crippen molar-refractivity contribution in [1.29, 1.82) is 0 Å². The third-order valence-corrected chi connectivity index (χ3v) is 7.83. The maximum atomic E-state index is 12.5. The fourth-order valence-corrected chi connectivity index (χ4v) is 6.08. The van der Waals surface area contributed by atoms with Crippen LogP contribution in [-0.2, 0) is 9.59 Å². The van der Waals surface area contributed by atoms with Crippen LogP contribution in [0.15, 0.2) is 0 Å². The zero-order valence-corrected chi connectivity index (χ0v) is 21.6. The van der Waals surface area contributed by atoms with Crippen LogP contribution in [0.3, 0.4) is 0 Å². The summed E-state index contributed by atoms with van der Waals surface area (Å²) in [4.78, 5) is 24.9. The van der Waals surface area contributed by atoms with Crippen molar-refractivity contribution in [2.45, 2.75) is 143 Å². The number of unbranched alkanes of at least 4 members (excludes halogenated alkanes) is 10. The number of carbonyl (C=O) groups is 2. The van der Waals surface area contributed by atoms with Crippen molar-refractivity contribution < 1.29 is 19.8 Å². The lowest BCUT2D eigenvalue weighted by molar-refractivity contribution is -0.183. The van der Waals surface area contributed by atoms with Gasteiger partial charge < -0.3 is 10.2 Å². The number of aliphatic carboxylic acids is 2. The van der Waals surface area contributed by atoms with Gasteiger partial charge in [-0.3, -0.25) is 9.59 Å². The second-order valence-corrected chi connectivity index (χ2v) is 11.4. The zero-order valence-electron chi connectivity index (χ0n) is 21.6. The Hall–Kier alpha value is -1.06. The Balaban J connectivity index is 2.37. The molecule has 0 amide bonds. The second-order valence-electron chi connectivity index (χ2n) is 11.4. The van der Waals surface area contributed by atoms with Gasteiger partial charge in [0.05, 0.1) is 10.8 Å². The quantitative estimate of drug-likeness (QED) is 0.204. The summed E-state index contributed by atoms with van der Waals surface area (Å²) < 4.78 is 0. The molecule has 4 nitrogen and oxygen atoms in total. The van der Waals surface area contributed by atoms with Gasteiger partial charge in [0.1, 0.15) is 0 Å². The first-order chi connectivity index (χ1) is 15.2. The third-order valence-electron chi connectivity index (χ3n) is 7.83. The first-order valence-electron chi connectivity index (χ1n) is 13.6. The lowest BCUT2D eigenvalue weighted by Crippen LogP contribution is -2.55. The highest BCUT2D eigenvalue weighted by Crippen LogP contribution is 2.57. The van der Waals surface area contributed by atoms with Crippen LogP contribution in [0.1, 0.15) is 143 Å². The highest BCUT2D eigenvalue weighted by molar-refractivity contribution is 5.87. The van der Waals surface area contributed by atoms with Gasteiger partial charge in [-0.15, -0.1) is 0 Å². The average Bonchev–Trinajstić information content (AvgIpc) is 2.71. The van der Waals surface area contributed by atoms with Crippen LogP contribution < -0.4 is 0 Å². The predicted molar refractivity (Wildman–Crippen MR) is 133 cm³/mol. The van der Waals surface area contributed by atoms with Gasteiger partial charge in [0, 0.05) is 0 Å². The molecule has 1 aliphatic rings. The Kier molecular flexibility index (Phi) is 13.5. The first kappa shape index (κ1) is 29.0. The minimum atomic E-state index is -1.11. The Morgan fingerprint density at radius 1 is 0.625 bits per heavy atom. The number of carboxylic acids is 2. The van der Waals surface area contributed by atoms with E-state index in [9.17, 15) is 19.8 Å². The topological polar surface area (TPSA) is 74.6 Å². The van der Waals surface area contributed by atoms with Crippen LogP contribution in [0.2, 0.25) is 0 Å². The van der Waals surface area contributed by atoms with Gasteiger partial charge in [0.15, 0.2) is 0 Å². The summed E-state index contributed by atoms with van der Waals surface area (Å²) in [7, 11) is 0. The molecule has 0 spiro atoms. The van der Waals surface area contributed by atoms with Crippen LogP contribution in [0.5, 0.6) is 0 Å². The molecule has 0 heterocycles. The number of hydrogen-bond donors (Lipinski definition) is 2. The van der Waals surface area contributed by atoms with Crippen molar-refractivity contribution in [2.24, 2.45) is 22.7 Å². The third kappa shape index (κ3) is 8.71. The van der Waals surface area contributed by atoms with E-state index in [1.807, 2.05) is 13.8 Å². The maximum absolute atomic E-state index is 12.5. The fraction of sp³-hybridized carbons (Fsp3) is 0.929. The molecular formula is C28H52O4. The second kappa shape index (κ2) is 15.0. The van der Waals surface area contributed by atoms with Crippen LogP contribution in [0.25, 0.3) is 0 Å². The predicted octanol–water partition coefficient (Wildman–Crippen LogP) is 8.48. The Labute approximate surface area is 197 Å². The van der Waals surface area contributed by atoms with Crippen molar-refractivity contribution in [3.8, 4) is 0 Å². The summed E-state index contributed by atoms with van der Waals surface area (Å²) in [5.41, 5.74) is -2.21. The highest BCUT2D eigenvalue weighted by Gasteiger charge is 2.61. The number of hydrogen-bond acceptors (Lipinski definition) is 2. The van der Waals surface area contributed by atoms with E-state index in [-0.39, 0.29) is 5.92 Å². The molecule has 0 aromatic rings. The van der Waals surface area contributed by atoms with E-state index in [4.69, 9.17) is 0 Å². The van der Waals surface area contributed by atoms with E-state index < -0.39 is 22.8 Å². The Morgan fingerprint density at radius 3 is 1.44 bits per heavy atom. The monoisotopic (exact) mass is 452 g/mol. The molecule has 0 aliphatic heterocycles. The molecule has 1 aliphatic carbocycles. The molecule has 2 N–H and O–H groups in total. The van der Waals surface area contributed by atoms with Crippen LogP contribution >= 0.6 is 0 Å². The van der Waals surface area contributed by atoms with Crippen LogP contribution in [-0.4, -0.2) is 22.2 Å². The molecule has 0 bridgehead atoms. The summed E-state index contributed by atoms with van der Waals surface area (Å²) in [6.45, 7) is 8.62. The van der Waals surface area contributed by atoms with Gasteiger partial charge in [-0.1, -0.05) is 118 Å². The Bertz CT molecular complexity index is 542. The van der Waals surface area contributed by atoms with Crippen molar-refractivity contribution in [3.05, 3.63) is 0 Å². The standard InChI is InChI=1S/C28H52O4/c1-23(2)18-14-12-10-8-6-5-7-9-11-13-15-19-27(25(29)30)20-16-17-21-28(27,26(31)32)22-24(3)4/h23-24H,5-22H2,1-4H3,(H,29,30)(H,31,32). The van der Waals surface area contributed by atoms with E-state index >= 15 is 0 Å². The smallest absolute Gasteiger partial charge is 0.310 e. The average molecular weight is 453 g/mol. The van der Waals surface area contributed by atoms with Gasteiger partial charge in [0.2, 0.25) is 0 Å². The van der Waals surface area contributed by atoms with Crippen molar-refractivity contribution >= 4 is 11.9 Å². The molecule has 2 unspecified atom stereocenters. The molecular weight excluding hydrogens is 400 g/mol. The van der Waals surface area contributed by atoms with E-state index in [0.717, 1.165) is 38.0 Å². The van der Waals surface area contributed by atoms with Gasteiger partial charge in [-0.05, 0) is 37.5 Å². The summed E-state index contributed by atoms with van der Waals surface area (Å²) >= 11 is 0.